The molecular weight excluding hydrogens is 328 g/mol. The minimum atomic E-state index is 0.270. The number of aryl methyl sites for hydroxylation is 4. The Morgan fingerprint density at radius 2 is 2.12 bits per heavy atom. The molecule has 0 saturated carbocycles. The van der Waals surface area contributed by atoms with Crippen molar-refractivity contribution in [3.63, 3.8) is 0 Å². The van der Waals surface area contributed by atoms with Crippen molar-refractivity contribution in [3.8, 4) is 0 Å². The van der Waals surface area contributed by atoms with Crippen molar-refractivity contribution in [1.29, 1.82) is 0 Å². The van der Waals surface area contributed by atoms with Gasteiger partial charge in [-0.1, -0.05) is 0 Å². The lowest BCUT2D eigenvalue weighted by molar-refractivity contribution is -0.132. The summed E-state index contributed by atoms with van der Waals surface area (Å²) < 4.78 is 3.98. The van der Waals surface area contributed by atoms with Crippen LogP contribution < -0.4 is 0 Å². The van der Waals surface area contributed by atoms with Gasteiger partial charge in [-0.3, -0.25) is 9.48 Å². The lowest BCUT2D eigenvalue weighted by Gasteiger charge is -2.25. The highest BCUT2D eigenvalue weighted by atomic mass is 16.2. The van der Waals surface area contributed by atoms with Crippen LogP contribution in [0.4, 0.5) is 0 Å². The molecule has 2 aromatic heterocycles. The Morgan fingerprint density at radius 1 is 1.31 bits per heavy atom. The number of rotatable bonds is 7. The molecular formula is C19H30N6O. The zero-order chi connectivity index (χ0) is 18.7. The lowest BCUT2D eigenvalue weighted by atomic mass is 10.1. The Bertz CT molecular complexity index is 762. The molecule has 2 aromatic rings. The van der Waals surface area contributed by atoms with E-state index in [0.29, 0.717) is 12.5 Å². The van der Waals surface area contributed by atoms with Crippen LogP contribution in [0.2, 0.25) is 0 Å². The Balaban J connectivity index is 1.56. The number of nitrogens with zero attached hydrogens (tertiary/aromatic N) is 6. The molecule has 0 radical (unpaired) electrons. The number of hydrogen-bond acceptors (Lipinski definition) is 4. The third-order valence-corrected chi connectivity index (χ3v) is 5.68. The van der Waals surface area contributed by atoms with Gasteiger partial charge in [0, 0.05) is 44.7 Å². The highest BCUT2D eigenvalue weighted by Crippen LogP contribution is 2.23. The zero-order valence-corrected chi connectivity index (χ0v) is 16.4. The average Bonchev–Trinajstić information content (AvgIpc) is 3.32. The maximum absolute atomic E-state index is 12.8. The second-order valence-corrected chi connectivity index (χ2v) is 7.23. The molecule has 1 amide bonds. The first-order valence-electron chi connectivity index (χ1n) is 9.66. The highest BCUT2D eigenvalue weighted by Gasteiger charge is 2.28. The van der Waals surface area contributed by atoms with Gasteiger partial charge in [0.15, 0.2) is 0 Å². The summed E-state index contributed by atoms with van der Waals surface area (Å²) in [7, 11) is 1.96. The Labute approximate surface area is 155 Å². The molecule has 1 aliphatic rings. The van der Waals surface area contributed by atoms with Crippen LogP contribution in [-0.4, -0.2) is 47.9 Å². The van der Waals surface area contributed by atoms with Crippen molar-refractivity contribution in [2.45, 2.75) is 71.9 Å². The van der Waals surface area contributed by atoms with Crippen LogP contribution in [0.15, 0.2) is 6.33 Å². The first kappa shape index (κ1) is 18.6. The fourth-order valence-corrected chi connectivity index (χ4v) is 4.05. The predicted octanol–water partition coefficient (Wildman–Crippen LogP) is 2.20. The smallest absolute Gasteiger partial charge is 0.223 e. The molecule has 3 rings (SSSR count). The van der Waals surface area contributed by atoms with Crippen LogP contribution >= 0.6 is 0 Å². The number of hydrogen-bond donors (Lipinski definition) is 0. The van der Waals surface area contributed by atoms with E-state index < -0.39 is 0 Å². The van der Waals surface area contributed by atoms with Crippen LogP contribution in [-0.2, 0) is 31.2 Å². The van der Waals surface area contributed by atoms with Gasteiger partial charge in [0.2, 0.25) is 5.91 Å². The van der Waals surface area contributed by atoms with Crippen LogP contribution in [0.1, 0.15) is 55.4 Å². The molecule has 26 heavy (non-hydrogen) atoms. The Kier molecular flexibility index (Phi) is 5.74. The van der Waals surface area contributed by atoms with E-state index in [2.05, 4.69) is 38.6 Å². The van der Waals surface area contributed by atoms with Crippen molar-refractivity contribution < 1.29 is 4.79 Å². The minimum absolute atomic E-state index is 0.270. The van der Waals surface area contributed by atoms with Gasteiger partial charge in [-0.2, -0.15) is 5.10 Å². The molecule has 1 saturated heterocycles. The second-order valence-electron chi connectivity index (χ2n) is 7.23. The number of carbonyl (C=O) groups excluding carboxylic acids is 1. The summed E-state index contributed by atoms with van der Waals surface area (Å²) in [6, 6.07) is 0.334. The van der Waals surface area contributed by atoms with E-state index in [1.54, 1.807) is 6.33 Å². The third kappa shape index (κ3) is 3.81. The molecule has 1 atom stereocenters. The minimum Gasteiger partial charge on any atom is -0.340 e. The van der Waals surface area contributed by atoms with Gasteiger partial charge in [-0.25, -0.2) is 0 Å². The molecule has 1 aliphatic heterocycles. The van der Waals surface area contributed by atoms with Crippen molar-refractivity contribution >= 4 is 5.91 Å². The van der Waals surface area contributed by atoms with E-state index in [9.17, 15) is 4.79 Å². The van der Waals surface area contributed by atoms with E-state index in [0.717, 1.165) is 62.4 Å². The molecule has 3 heterocycles. The molecule has 1 unspecified atom stereocenters. The number of aromatic nitrogens is 5. The molecule has 0 spiro atoms. The molecule has 7 nitrogen and oxygen atoms in total. The van der Waals surface area contributed by atoms with Gasteiger partial charge in [-0.05, 0) is 52.0 Å². The monoisotopic (exact) mass is 358 g/mol. The van der Waals surface area contributed by atoms with Gasteiger partial charge in [0.05, 0.1) is 5.69 Å². The summed E-state index contributed by atoms with van der Waals surface area (Å²) in [5, 5.41) is 12.7. The van der Waals surface area contributed by atoms with Gasteiger partial charge >= 0.3 is 0 Å². The summed E-state index contributed by atoms with van der Waals surface area (Å²) in [5.74, 6) is 1.29. The highest BCUT2D eigenvalue weighted by molar-refractivity contribution is 5.77. The van der Waals surface area contributed by atoms with Gasteiger partial charge < -0.3 is 9.47 Å². The molecule has 1 fully saturated rings. The summed E-state index contributed by atoms with van der Waals surface area (Å²) in [6.07, 6.45) is 7.16. The van der Waals surface area contributed by atoms with Gasteiger partial charge in [0.25, 0.3) is 0 Å². The summed E-state index contributed by atoms with van der Waals surface area (Å²) in [5.41, 5.74) is 3.41. The second kappa shape index (κ2) is 8.01. The molecule has 0 aliphatic carbocycles. The third-order valence-electron chi connectivity index (χ3n) is 5.68. The SMILES string of the molecule is CCn1cnnc1CCC1CCCN1C(=O)CCc1c(C)nn(C)c1C. The van der Waals surface area contributed by atoms with Crippen LogP contribution in [0.3, 0.4) is 0 Å². The van der Waals surface area contributed by atoms with E-state index in [1.807, 2.05) is 18.7 Å². The standard InChI is InChI=1S/C19H30N6O/c1-5-24-13-20-21-18(24)10-8-16-7-6-12-25(16)19(26)11-9-17-14(2)22-23(4)15(17)3/h13,16H,5-12H2,1-4H3. The van der Waals surface area contributed by atoms with Gasteiger partial charge in [-0.15, -0.1) is 10.2 Å². The lowest BCUT2D eigenvalue weighted by Crippen LogP contribution is -2.36. The zero-order valence-electron chi connectivity index (χ0n) is 16.4. The fourth-order valence-electron chi connectivity index (χ4n) is 4.05. The normalized spacial score (nSPS) is 17.2. The van der Waals surface area contributed by atoms with E-state index >= 15 is 0 Å². The van der Waals surface area contributed by atoms with Crippen LogP contribution in [0, 0.1) is 13.8 Å². The largest absolute Gasteiger partial charge is 0.340 e. The maximum atomic E-state index is 12.8. The molecule has 0 bridgehead atoms. The van der Waals surface area contributed by atoms with E-state index in [4.69, 9.17) is 0 Å². The first-order valence-corrected chi connectivity index (χ1v) is 9.66. The van der Waals surface area contributed by atoms with Crippen molar-refractivity contribution in [2.24, 2.45) is 7.05 Å². The van der Waals surface area contributed by atoms with Crippen molar-refractivity contribution in [3.05, 3.63) is 29.1 Å². The number of likely N-dealkylation sites (tertiary alicyclic amines) is 1. The first-order chi connectivity index (χ1) is 12.5. The Hall–Kier alpha value is -2.18. The predicted molar refractivity (Wildman–Crippen MR) is 99.8 cm³/mol. The van der Waals surface area contributed by atoms with E-state index in [-0.39, 0.29) is 5.91 Å². The van der Waals surface area contributed by atoms with Gasteiger partial charge in [0.1, 0.15) is 12.2 Å². The summed E-state index contributed by atoms with van der Waals surface area (Å²) in [4.78, 5) is 14.9. The van der Waals surface area contributed by atoms with Crippen molar-refractivity contribution in [1.82, 2.24) is 29.4 Å². The maximum Gasteiger partial charge on any atom is 0.223 e. The fraction of sp³-hybridized carbons (Fsp3) is 0.684. The molecule has 7 heteroatoms. The van der Waals surface area contributed by atoms with Crippen molar-refractivity contribution in [2.75, 3.05) is 6.54 Å². The number of carbonyl (C=O) groups is 1. The van der Waals surface area contributed by atoms with Crippen LogP contribution in [0.25, 0.3) is 0 Å². The average molecular weight is 358 g/mol. The van der Waals surface area contributed by atoms with Crippen LogP contribution in [0.5, 0.6) is 0 Å². The molecule has 142 valence electrons. The summed E-state index contributed by atoms with van der Waals surface area (Å²) >= 11 is 0. The quantitative estimate of drug-likeness (QED) is 0.761. The Morgan fingerprint density at radius 3 is 2.81 bits per heavy atom. The molecule has 0 aromatic carbocycles. The topological polar surface area (TPSA) is 68.8 Å². The molecule has 0 N–H and O–H groups in total. The summed E-state index contributed by atoms with van der Waals surface area (Å²) in [6.45, 7) is 7.97. The van der Waals surface area contributed by atoms with E-state index in [1.165, 1.54) is 5.56 Å². The number of amides is 1.